The van der Waals surface area contributed by atoms with Crippen molar-refractivity contribution in [2.75, 3.05) is 60.9 Å². The van der Waals surface area contributed by atoms with Gasteiger partial charge >= 0.3 is 6.18 Å². The lowest BCUT2D eigenvalue weighted by Gasteiger charge is -2.41. The number of imide groups is 2. The summed E-state index contributed by atoms with van der Waals surface area (Å²) in [5.41, 5.74) is -0.342. The first-order valence-corrected chi connectivity index (χ1v) is 20.1. The van der Waals surface area contributed by atoms with Gasteiger partial charge in [0.25, 0.3) is 17.7 Å². The number of benzene rings is 3. The first-order chi connectivity index (χ1) is 28.7. The number of hydrogen-bond donors (Lipinski definition) is 3. The summed E-state index contributed by atoms with van der Waals surface area (Å²) in [5, 5.41) is 7.56. The van der Waals surface area contributed by atoms with E-state index in [-0.39, 0.29) is 29.7 Å². The number of piperazine rings is 1. The van der Waals surface area contributed by atoms with Crippen LogP contribution in [0.15, 0.2) is 60.7 Å². The fourth-order valence-electron chi connectivity index (χ4n) is 8.82. The van der Waals surface area contributed by atoms with Gasteiger partial charge in [0.15, 0.2) is 5.69 Å². The minimum absolute atomic E-state index is 0.0677. The van der Waals surface area contributed by atoms with Crippen molar-refractivity contribution in [2.45, 2.75) is 62.7 Å². The lowest BCUT2D eigenvalue weighted by molar-refractivity contribution is -0.137. The smallest absolute Gasteiger partial charge is 0.372 e. The fourth-order valence-corrected chi connectivity index (χ4v) is 8.82. The van der Waals surface area contributed by atoms with Gasteiger partial charge in [-0.25, -0.2) is 4.85 Å². The topological polar surface area (TPSA) is 156 Å². The lowest BCUT2D eigenvalue weighted by Crippen LogP contribution is -2.61. The highest BCUT2D eigenvalue weighted by Gasteiger charge is 2.47. The van der Waals surface area contributed by atoms with Crippen LogP contribution in [-0.2, 0) is 20.6 Å². The van der Waals surface area contributed by atoms with Crippen LogP contribution >= 0.6 is 0 Å². The molecule has 5 aliphatic rings. The molecule has 0 radical (unpaired) electrons. The maximum Gasteiger partial charge on any atom is 0.407 e. The Hall–Kier alpha value is -6.28. The van der Waals surface area contributed by atoms with Crippen molar-refractivity contribution in [3.63, 3.8) is 0 Å². The zero-order valence-corrected chi connectivity index (χ0v) is 32.6. The van der Waals surface area contributed by atoms with E-state index in [0.29, 0.717) is 30.7 Å². The Morgan fingerprint density at radius 3 is 2.12 bits per heavy atom. The fraction of sp³-hybridized carbons (Fsp3) is 0.419. The number of halogens is 3. The van der Waals surface area contributed by atoms with Gasteiger partial charge in [0, 0.05) is 74.9 Å². The van der Waals surface area contributed by atoms with Crippen LogP contribution in [0.25, 0.3) is 4.85 Å². The van der Waals surface area contributed by atoms with E-state index in [1.165, 1.54) is 6.07 Å². The zero-order valence-electron chi connectivity index (χ0n) is 32.6. The molecule has 1 unspecified atom stereocenters. The summed E-state index contributed by atoms with van der Waals surface area (Å²) in [6, 6.07) is 14.4. The maximum atomic E-state index is 13.5. The third kappa shape index (κ3) is 7.91. The second-order valence-corrected chi connectivity index (χ2v) is 16.1. The van der Waals surface area contributed by atoms with Crippen LogP contribution in [0, 0.1) is 12.5 Å². The molecule has 0 spiro atoms. The Morgan fingerprint density at radius 2 is 1.48 bits per heavy atom. The Balaban J connectivity index is 0.796. The second-order valence-electron chi connectivity index (χ2n) is 16.1. The summed E-state index contributed by atoms with van der Waals surface area (Å²) in [5.74, 6) is -2.63. The van der Waals surface area contributed by atoms with E-state index in [1.807, 2.05) is 18.2 Å². The molecule has 4 fully saturated rings. The van der Waals surface area contributed by atoms with Crippen LogP contribution in [0.5, 0.6) is 0 Å². The number of carbonyl (C=O) groups is 6. The third-order valence-corrected chi connectivity index (χ3v) is 12.5. The third-order valence-electron chi connectivity index (χ3n) is 12.5. The molecule has 3 aromatic carbocycles. The molecule has 14 nitrogen and oxygen atoms in total. The standard InChI is InChI=1S/C43H43F3N8O6/c1-47-34-10-5-28(23-33(34)43(44,45)46)48-41(60)42(15-2-16-42)50-37(56)27-3-6-29(7-4-27)52-17-13-26(14-18-52)25-51-19-21-53(22-20-51)30-8-9-31-32(24-30)40(59)54(39(31)58)35-11-12-36(55)49-38(35)57/h3-10,23-24,26,35H,2,11-22,25H2,(H,48,60)(H,50,56)(H,49,55,57). The highest BCUT2D eigenvalue weighted by atomic mass is 19.4. The number of nitrogens with zero attached hydrogens (tertiary/aromatic N) is 5. The summed E-state index contributed by atoms with van der Waals surface area (Å²) in [4.78, 5) is 87.9. The number of fused-ring (bicyclic) bond motifs is 1. The summed E-state index contributed by atoms with van der Waals surface area (Å²) < 4.78 is 40.4. The van der Waals surface area contributed by atoms with Crippen molar-refractivity contribution in [3.05, 3.63) is 94.3 Å². The number of carbonyl (C=O) groups excluding carboxylic acids is 6. The van der Waals surface area contributed by atoms with Crippen molar-refractivity contribution in [3.8, 4) is 0 Å². The number of alkyl halides is 3. The summed E-state index contributed by atoms with van der Waals surface area (Å²) >= 11 is 0. The molecule has 6 amide bonds. The van der Waals surface area contributed by atoms with Gasteiger partial charge in [0.2, 0.25) is 17.7 Å². The number of piperidine rings is 2. The number of amides is 6. The van der Waals surface area contributed by atoms with Crippen LogP contribution in [0.1, 0.15) is 81.6 Å². The van der Waals surface area contributed by atoms with Gasteiger partial charge in [-0.1, -0.05) is 6.07 Å². The van der Waals surface area contributed by atoms with Crippen molar-refractivity contribution in [1.82, 2.24) is 20.4 Å². The molecule has 1 saturated carbocycles. The Labute approximate surface area is 343 Å². The highest BCUT2D eigenvalue weighted by molar-refractivity contribution is 6.23. The van der Waals surface area contributed by atoms with E-state index in [4.69, 9.17) is 6.57 Å². The average Bonchev–Trinajstić information content (AvgIpc) is 3.47. The second kappa shape index (κ2) is 16.1. The van der Waals surface area contributed by atoms with Crippen LogP contribution in [-0.4, -0.2) is 103 Å². The first kappa shape index (κ1) is 40.5. The molecule has 1 aliphatic carbocycles. The van der Waals surface area contributed by atoms with Gasteiger partial charge in [-0.15, -0.1) is 0 Å². The van der Waals surface area contributed by atoms with Crippen molar-refractivity contribution in [2.24, 2.45) is 5.92 Å². The minimum atomic E-state index is -4.76. The molecular weight excluding hydrogens is 782 g/mol. The predicted molar refractivity (Wildman–Crippen MR) is 214 cm³/mol. The summed E-state index contributed by atoms with van der Waals surface area (Å²) in [6.45, 7) is 12.9. The van der Waals surface area contributed by atoms with Crippen molar-refractivity contribution in [1.29, 1.82) is 0 Å². The Bertz CT molecular complexity index is 2290. The molecule has 17 heteroatoms. The van der Waals surface area contributed by atoms with Crippen molar-refractivity contribution >= 4 is 58.2 Å². The maximum absolute atomic E-state index is 13.5. The normalized spacial score (nSPS) is 20.9. The molecular formula is C43H43F3N8O6. The monoisotopic (exact) mass is 824 g/mol. The highest BCUT2D eigenvalue weighted by Crippen LogP contribution is 2.39. The van der Waals surface area contributed by atoms with E-state index < -0.39 is 64.5 Å². The molecule has 1 atom stereocenters. The van der Waals surface area contributed by atoms with E-state index in [0.717, 1.165) is 87.1 Å². The molecule has 3 saturated heterocycles. The SMILES string of the molecule is [C-]#[N+]c1ccc(NC(=O)C2(NC(=O)c3ccc(N4CCC(CN5CCN(c6ccc7c(c6)C(=O)N(C6CCC(=O)NC6=O)C7=O)CC5)CC4)cc3)CCC2)cc1C(F)(F)F. The number of nitrogens with one attached hydrogen (secondary N) is 3. The molecule has 4 aliphatic heterocycles. The summed E-state index contributed by atoms with van der Waals surface area (Å²) in [7, 11) is 0. The molecule has 312 valence electrons. The number of hydrogen-bond acceptors (Lipinski definition) is 9. The summed E-state index contributed by atoms with van der Waals surface area (Å²) in [6.07, 6.45) is -1.24. The first-order valence-electron chi connectivity index (χ1n) is 20.1. The largest absolute Gasteiger partial charge is 0.407 e. The van der Waals surface area contributed by atoms with Crippen LogP contribution in [0.2, 0.25) is 0 Å². The predicted octanol–water partition coefficient (Wildman–Crippen LogP) is 4.99. The number of anilines is 3. The van der Waals surface area contributed by atoms with E-state index in [9.17, 15) is 41.9 Å². The molecule has 4 heterocycles. The molecule has 60 heavy (non-hydrogen) atoms. The van der Waals surface area contributed by atoms with Crippen LogP contribution in [0.4, 0.5) is 35.9 Å². The lowest BCUT2D eigenvalue weighted by atomic mass is 9.75. The van der Waals surface area contributed by atoms with Gasteiger partial charge in [0.1, 0.15) is 11.6 Å². The zero-order chi connectivity index (χ0) is 42.3. The Kier molecular flexibility index (Phi) is 10.8. The Morgan fingerprint density at radius 1 is 0.817 bits per heavy atom. The van der Waals surface area contributed by atoms with Crippen LogP contribution < -0.4 is 25.8 Å². The average molecular weight is 825 g/mol. The van der Waals surface area contributed by atoms with Gasteiger partial charge in [0.05, 0.1) is 23.3 Å². The van der Waals surface area contributed by atoms with Crippen molar-refractivity contribution < 1.29 is 41.9 Å². The van der Waals surface area contributed by atoms with E-state index in [2.05, 4.69) is 35.5 Å². The minimum Gasteiger partial charge on any atom is -0.372 e. The van der Waals surface area contributed by atoms with Gasteiger partial charge < -0.3 is 20.4 Å². The van der Waals surface area contributed by atoms with Gasteiger partial charge in [-0.05, 0) is 99.0 Å². The number of rotatable bonds is 9. The van der Waals surface area contributed by atoms with E-state index in [1.54, 1.807) is 24.3 Å². The quantitative estimate of drug-likeness (QED) is 0.200. The van der Waals surface area contributed by atoms with Gasteiger partial charge in [-0.2, -0.15) is 13.2 Å². The molecule has 3 aromatic rings. The van der Waals surface area contributed by atoms with Gasteiger partial charge in [-0.3, -0.25) is 43.9 Å². The molecule has 8 rings (SSSR count). The van der Waals surface area contributed by atoms with Crippen LogP contribution in [0.3, 0.4) is 0 Å². The molecule has 3 N–H and O–H groups in total. The molecule has 0 aromatic heterocycles. The molecule has 0 bridgehead atoms. The van der Waals surface area contributed by atoms with E-state index >= 15 is 0 Å².